The first-order valence-corrected chi connectivity index (χ1v) is 6.92. The summed E-state index contributed by atoms with van der Waals surface area (Å²) in [6.07, 6.45) is 3.32. The van der Waals surface area contributed by atoms with Gasteiger partial charge in [-0.15, -0.1) is 0 Å². The van der Waals surface area contributed by atoms with Crippen molar-refractivity contribution in [2.24, 2.45) is 11.8 Å². The van der Waals surface area contributed by atoms with Crippen molar-refractivity contribution < 1.29 is 9.90 Å². The highest BCUT2D eigenvalue weighted by Crippen LogP contribution is 2.30. The number of para-hydroxylation sites is 1. The van der Waals surface area contributed by atoms with E-state index in [4.69, 9.17) is 0 Å². The predicted octanol–water partition coefficient (Wildman–Crippen LogP) is 1.87. The maximum absolute atomic E-state index is 12.2. The van der Waals surface area contributed by atoms with Crippen LogP contribution >= 0.6 is 0 Å². The van der Waals surface area contributed by atoms with Gasteiger partial charge in [0.05, 0.1) is 5.56 Å². The van der Waals surface area contributed by atoms with Crippen molar-refractivity contribution in [1.29, 1.82) is 0 Å². The second-order valence-corrected chi connectivity index (χ2v) is 5.14. The Bertz CT molecular complexity index is 434. The molecule has 0 heterocycles. The molecule has 4 heteroatoms. The Morgan fingerprint density at radius 2 is 2.05 bits per heavy atom. The SMILES string of the molecule is CNc1ccccc1C(=O)NCC1CCCC1CO. The summed E-state index contributed by atoms with van der Waals surface area (Å²) in [5.41, 5.74) is 1.51. The summed E-state index contributed by atoms with van der Waals surface area (Å²) in [5, 5.41) is 15.3. The van der Waals surface area contributed by atoms with Gasteiger partial charge in [0.2, 0.25) is 0 Å². The summed E-state index contributed by atoms with van der Waals surface area (Å²) in [6.45, 7) is 0.885. The Kier molecular flexibility index (Phi) is 4.80. The van der Waals surface area contributed by atoms with E-state index in [1.165, 1.54) is 0 Å². The van der Waals surface area contributed by atoms with Crippen molar-refractivity contribution in [2.75, 3.05) is 25.5 Å². The van der Waals surface area contributed by atoms with Crippen LogP contribution in [0, 0.1) is 11.8 Å². The average molecular weight is 262 g/mol. The number of nitrogens with one attached hydrogen (secondary N) is 2. The van der Waals surface area contributed by atoms with Crippen molar-refractivity contribution in [1.82, 2.24) is 5.32 Å². The van der Waals surface area contributed by atoms with Gasteiger partial charge in [-0.05, 0) is 36.8 Å². The minimum Gasteiger partial charge on any atom is -0.396 e. The molecule has 0 saturated heterocycles. The number of hydrogen-bond donors (Lipinski definition) is 3. The minimum atomic E-state index is -0.0476. The highest BCUT2D eigenvalue weighted by atomic mass is 16.3. The molecule has 1 aromatic carbocycles. The number of carbonyl (C=O) groups is 1. The molecule has 1 aromatic rings. The zero-order valence-electron chi connectivity index (χ0n) is 11.4. The van der Waals surface area contributed by atoms with Gasteiger partial charge in [0.1, 0.15) is 0 Å². The normalized spacial score (nSPS) is 22.2. The Morgan fingerprint density at radius 3 is 2.79 bits per heavy atom. The summed E-state index contributed by atoms with van der Waals surface area (Å²) in [4.78, 5) is 12.2. The first-order valence-electron chi connectivity index (χ1n) is 6.92. The molecule has 0 bridgehead atoms. The molecule has 2 atom stereocenters. The van der Waals surface area contributed by atoms with Gasteiger partial charge in [0, 0.05) is 25.9 Å². The summed E-state index contributed by atoms with van der Waals surface area (Å²) < 4.78 is 0. The molecule has 4 nitrogen and oxygen atoms in total. The zero-order chi connectivity index (χ0) is 13.7. The van der Waals surface area contributed by atoms with Crippen LogP contribution in [0.15, 0.2) is 24.3 Å². The molecule has 2 unspecified atom stereocenters. The van der Waals surface area contributed by atoms with Crippen LogP contribution in [0.3, 0.4) is 0 Å². The van der Waals surface area contributed by atoms with Crippen molar-refractivity contribution in [2.45, 2.75) is 19.3 Å². The Hall–Kier alpha value is -1.55. The van der Waals surface area contributed by atoms with Crippen LogP contribution in [0.1, 0.15) is 29.6 Å². The largest absolute Gasteiger partial charge is 0.396 e. The number of hydrogen-bond acceptors (Lipinski definition) is 3. The number of aliphatic hydroxyl groups is 1. The molecule has 1 aliphatic rings. The van der Waals surface area contributed by atoms with E-state index in [0.29, 0.717) is 23.9 Å². The van der Waals surface area contributed by atoms with E-state index in [2.05, 4.69) is 10.6 Å². The lowest BCUT2D eigenvalue weighted by molar-refractivity contribution is 0.0938. The zero-order valence-corrected chi connectivity index (χ0v) is 11.4. The van der Waals surface area contributed by atoms with Gasteiger partial charge >= 0.3 is 0 Å². The molecule has 2 rings (SSSR count). The van der Waals surface area contributed by atoms with E-state index in [9.17, 15) is 9.90 Å². The van der Waals surface area contributed by atoms with E-state index in [1.54, 1.807) is 0 Å². The molecule has 1 aliphatic carbocycles. The van der Waals surface area contributed by atoms with Crippen LogP contribution in [0.25, 0.3) is 0 Å². The van der Waals surface area contributed by atoms with Gasteiger partial charge in [-0.3, -0.25) is 4.79 Å². The number of amides is 1. The van der Waals surface area contributed by atoms with E-state index in [-0.39, 0.29) is 12.5 Å². The van der Waals surface area contributed by atoms with Gasteiger partial charge in [-0.25, -0.2) is 0 Å². The van der Waals surface area contributed by atoms with Crippen molar-refractivity contribution in [3.05, 3.63) is 29.8 Å². The molecule has 0 radical (unpaired) electrons. The van der Waals surface area contributed by atoms with Crippen LogP contribution in [0.4, 0.5) is 5.69 Å². The van der Waals surface area contributed by atoms with E-state index in [1.807, 2.05) is 31.3 Å². The highest BCUT2D eigenvalue weighted by molar-refractivity contribution is 5.99. The number of benzene rings is 1. The maximum Gasteiger partial charge on any atom is 0.253 e. The molecule has 0 aromatic heterocycles. The first kappa shape index (κ1) is 13.9. The van der Waals surface area contributed by atoms with Gasteiger partial charge in [-0.2, -0.15) is 0 Å². The lowest BCUT2D eigenvalue weighted by atomic mass is 9.97. The van der Waals surface area contributed by atoms with Crippen LogP contribution in [-0.4, -0.2) is 31.2 Å². The molecular formula is C15H22N2O2. The third kappa shape index (κ3) is 3.26. The van der Waals surface area contributed by atoms with E-state index in [0.717, 1.165) is 24.9 Å². The number of anilines is 1. The third-order valence-corrected chi connectivity index (χ3v) is 4.02. The minimum absolute atomic E-state index is 0.0476. The number of aliphatic hydroxyl groups excluding tert-OH is 1. The van der Waals surface area contributed by atoms with Crippen molar-refractivity contribution in [3.8, 4) is 0 Å². The lowest BCUT2D eigenvalue weighted by Gasteiger charge is -2.18. The molecule has 1 amide bonds. The average Bonchev–Trinajstić information content (AvgIpc) is 2.92. The molecule has 0 aliphatic heterocycles. The summed E-state index contributed by atoms with van der Waals surface area (Å²) in [6, 6.07) is 7.48. The molecule has 0 spiro atoms. The summed E-state index contributed by atoms with van der Waals surface area (Å²) in [5.74, 6) is 0.712. The third-order valence-electron chi connectivity index (χ3n) is 4.02. The van der Waals surface area contributed by atoms with E-state index >= 15 is 0 Å². The fourth-order valence-corrected chi connectivity index (χ4v) is 2.84. The fraction of sp³-hybridized carbons (Fsp3) is 0.533. The predicted molar refractivity (Wildman–Crippen MR) is 76.2 cm³/mol. The highest BCUT2D eigenvalue weighted by Gasteiger charge is 2.26. The van der Waals surface area contributed by atoms with Gasteiger partial charge in [0.25, 0.3) is 5.91 Å². The molecule has 104 valence electrons. The number of rotatable bonds is 5. The molecule has 1 saturated carbocycles. The standard InChI is InChI=1S/C15H22N2O2/c1-16-14-8-3-2-7-13(14)15(19)17-9-11-5-4-6-12(11)10-18/h2-3,7-8,11-12,16,18H,4-6,9-10H2,1H3,(H,17,19). The Labute approximate surface area is 114 Å². The van der Waals surface area contributed by atoms with E-state index < -0.39 is 0 Å². The maximum atomic E-state index is 12.2. The second-order valence-electron chi connectivity index (χ2n) is 5.14. The smallest absolute Gasteiger partial charge is 0.253 e. The number of carbonyl (C=O) groups excluding carboxylic acids is 1. The Balaban J connectivity index is 1.94. The second kappa shape index (κ2) is 6.57. The fourth-order valence-electron chi connectivity index (χ4n) is 2.84. The molecule has 1 fully saturated rings. The molecule has 19 heavy (non-hydrogen) atoms. The van der Waals surface area contributed by atoms with Gasteiger partial charge in [-0.1, -0.05) is 18.6 Å². The summed E-state index contributed by atoms with van der Waals surface area (Å²) >= 11 is 0. The summed E-state index contributed by atoms with van der Waals surface area (Å²) in [7, 11) is 1.81. The van der Waals surface area contributed by atoms with Crippen LogP contribution in [0.2, 0.25) is 0 Å². The van der Waals surface area contributed by atoms with Crippen LogP contribution in [0.5, 0.6) is 0 Å². The van der Waals surface area contributed by atoms with Crippen molar-refractivity contribution in [3.63, 3.8) is 0 Å². The molecule has 3 N–H and O–H groups in total. The van der Waals surface area contributed by atoms with Gasteiger partial charge < -0.3 is 15.7 Å². The topological polar surface area (TPSA) is 61.4 Å². The Morgan fingerprint density at radius 1 is 1.32 bits per heavy atom. The van der Waals surface area contributed by atoms with Crippen LogP contribution < -0.4 is 10.6 Å². The molecular weight excluding hydrogens is 240 g/mol. The van der Waals surface area contributed by atoms with Crippen molar-refractivity contribution >= 4 is 11.6 Å². The first-order chi connectivity index (χ1) is 9.26. The van der Waals surface area contributed by atoms with Gasteiger partial charge in [0.15, 0.2) is 0 Å². The lowest BCUT2D eigenvalue weighted by Crippen LogP contribution is -2.32. The van der Waals surface area contributed by atoms with Crippen LogP contribution in [-0.2, 0) is 0 Å². The quantitative estimate of drug-likeness (QED) is 0.759. The monoisotopic (exact) mass is 262 g/mol.